The number of carbonyl (C=O) groups excluding carboxylic acids is 1. The number of alkyl halides is 3. The molecular formula is C21H20ClF3N2O2. The van der Waals surface area contributed by atoms with Gasteiger partial charge in [0.25, 0.3) is 11.6 Å². The van der Waals surface area contributed by atoms with Gasteiger partial charge in [-0.05, 0) is 40.8 Å². The maximum Gasteiger partial charge on any atom is 0.438 e. The number of amides is 1. The Bertz CT molecular complexity index is 948. The zero-order chi connectivity index (χ0) is 21.6. The first-order valence-corrected chi connectivity index (χ1v) is 9.28. The number of carbonyl (C=O) groups is 1. The van der Waals surface area contributed by atoms with Crippen molar-refractivity contribution < 1.29 is 23.1 Å². The van der Waals surface area contributed by atoms with Gasteiger partial charge in [-0.2, -0.15) is 23.3 Å². The highest BCUT2D eigenvalue weighted by molar-refractivity contribution is 6.30. The van der Waals surface area contributed by atoms with Crippen LogP contribution in [0.15, 0.2) is 53.6 Å². The van der Waals surface area contributed by atoms with Gasteiger partial charge in [0.05, 0.1) is 12.1 Å². The number of halogens is 4. The van der Waals surface area contributed by atoms with E-state index in [1.54, 1.807) is 12.1 Å². The van der Waals surface area contributed by atoms with E-state index < -0.39 is 24.2 Å². The summed E-state index contributed by atoms with van der Waals surface area (Å²) in [6, 6.07) is 12.2. The number of aliphatic hydroxyl groups is 1. The van der Waals surface area contributed by atoms with E-state index in [0.717, 1.165) is 5.56 Å². The fourth-order valence-corrected chi connectivity index (χ4v) is 3.14. The number of nitrogens with zero attached hydrogens (tertiary/aromatic N) is 2. The highest BCUT2D eigenvalue weighted by Gasteiger charge is 2.63. The minimum Gasteiger partial charge on any atom is -0.362 e. The lowest BCUT2D eigenvalue weighted by molar-refractivity contribution is -0.297. The van der Waals surface area contributed by atoms with Gasteiger partial charge in [0, 0.05) is 10.6 Å². The van der Waals surface area contributed by atoms with Crippen molar-refractivity contribution in [3.63, 3.8) is 0 Å². The van der Waals surface area contributed by atoms with E-state index in [1.165, 1.54) is 36.4 Å². The average molecular weight is 425 g/mol. The van der Waals surface area contributed by atoms with Crippen LogP contribution in [0.25, 0.3) is 0 Å². The lowest BCUT2D eigenvalue weighted by Crippen LogP contribution is -2.56. The summed E-state index contributed by atoms with van der Waals surface area (Å²) in [5.74, 6) is -1.03. The molecule has 0 aliphatic carbocycles. The van der Waals surface area contributed by atoms with Crippen LogP contribution in [0, 0.1) is 0 Å². The minimum atomic E-state index is -5.09. The summed E-state index contributed by atoms with van der Waals surface area (Å²) in [7, 11) is 0. The molecule has 29 heavy (non-hydrogen) atoms. The predicted molar refractivity (Wildman–Crippen MR) is 105 cm³/mol. The molecule has 0 saturated carbocycles. The number of rotatable bonds is 2. The second-order valence-corrected chi connectivity index (χ2v) is 8.43. The molecule has 1 N–H and O–H groups in total. The third kappa shape index (κ3) is 4.02. The van der Waals surface area contributed by atoms with Gasteiger partial charge in [-0.25, -0.2) is 0 Å². The van der Waals surface area contributed by atoms with Crippen LogP contribution in [0.2, 0.25) is 5.02 Å². The Morgan fingerprint density at radius 2 is 1.62 bits per heavy atom. The van der Waals surface area contributed by atoms with E-state index in [4.69, 9.17) is 11.6 Å². The molecular weight excluding hydrogens is 405 g/mol. The van der Waals surface area contributed by atoms with Crippen LogP contribution in [0.4, 0.5) is 13.2 Å². The topological polar surface area (TPSA) is 52.9 Å². The molecule has 0 radical (unpaired) electrons. The van der Waals surface area contributed by atoms with Crippen LogP contribution < -0.4 is 0 Å². The zero-order valence-electron chi connectivity index (χ0n) is 16.1. The highest BCUT2D eigenvalue weighted by Crippen LogP contribution is 2.42. The molecule has 1 aliphatic heterocycles. The van der Waals surface area contributed by atoms with Gasteiger partial charge in [-0.1, -0.05) is 56.6 Å². The second kappa shape index (κ2) is 7.15. The Labute approximate surface area is 171 Å². The summed E-state index contributed by atoms with van der Waals surface area (Å²) < 4.78 is 41.1. The SMILES string of the molecule is CC(C)(C)c1ccc(C(=O)N2N=C(c3ccc(Cl)cc3)C[C@@]2(O)C(F)(F)F)cc1. The highest BCUT2D eigenvalue weighted by atomic mass is 35.5. The predicted octanol–water partition coefficient (Wildman–Crippen LogP) is 5.14. The number of hydrazone groups is 1. The quantitative estimate of drug-likeness (QED) is 0.725. The van der Waals surface area contributed by atoms with Gasteiger partial charge in [-0.3, -0.25) is 4.79 Å². The van der Waals surface area contributed by atoms with Crippen LogP contribution in [-0.4, -0.2) is 33.6 Å². The van der Waals surface area contributed by atoms with Crippen molar-refractivity contribution in [3.8, 4) is 0 Å². The summed E-state index contributed by atoms with van der Waals surface area (Å²) >= 11 is 5.82. The first-order chi connectivity index (χ1) is 13.3. The number of benzene rings is 2. The molecule has 3 rings (SSSR count). The van der Waals surface area contributed by atoms with Crippen molar-refractivity contribution in [2.24, 2.45) is 5.10 Å². The van der Waals surface area contributed by atoms with Crippen molar-refractivity contribution in [3.05, 3.63) is 70.2 Å². The van der Waals surface area contributed by atoms with Crippen molar-refractivity contribution in [2.45, 2.75) is 44.5 Å². The standard InChI is InChI=1S/C21H20ClF3N2O2/c1-19(2,3)15-8-4-14(5-9-15)18(28)27-20(29,21(23,24)25)12-17(26-27)13-6-10-16(22)11-7-13/h4-11,29H,12H2,1-3H3/t20-/m1/s1. The Morgan fingerprint density at radius 1 is 1.07 bits per heavy atom. The largest absolute Gasteiger partial charge is 0.438 e. The molecule has 8 heteroatoms. The molecule has 0 saturated heterocycles. The van der Waals surface area contributed by atoms with E-state index in [-0.39, 0.29) is 21.7 Å². The molecule has 1 atom stereocenters. The van der Waals surface area contributed by atoms with Crippen molar-refractivity contribution >= 4 is 23.2 Å². The molecule has 0 aromatic heterocycles. The molecule has 1 heterocycles. The van der Waals surface area contributed by atoms with Crippen molar-refractivity contribution in [1.82, 2.24) is 5.01 Å². The van der Waals surface area contributed by atoms with Crippen molar-refractivity contribution in [1.29, 1.82) is 0 Å². The zero-order valence-corrected chi connectivity index (χ0v) is 16.8. The van der Waals surface area contributed by atoms with Gasteiger partial charge >= 0.3 is 6.18 Å². The first-order valence-electron chi connectivity index (χ1n) is 8.90. The van der Waals surface area contributed by atoms with E-state index in [1.807, 2.05) is 20.8 Å². The molecule has 0 bridgehead atoms. The summed E-state index contributed by atoms with van der Waals surface area (Å²) in [5, 5.41) is 14.8. The van der Waals surface area contributed by atoms with Gasteiger partial charge in [0.2, 0.25) is 0 Å². The second-order valence-electron chi connectivity index (χ2n) is 7.99. The fourth-order valence-electron chi connectivity index (χ4n) is 3.02. The van der Waals surface area contributed by atoms with Crippen molar-refractivity contribution in [2.75, 3.05) is 0 Å². The number of hydrogen-bond acceptors (Lipinski definition) is 3. The molecule has 1 amide bonds. The smallest absolute Gasteiger partial charge is 0.362 e. The van der Waals surface area contributed by atoms with Crippen LogP contribution in [0.3, 0.4) is 0 Å². The van der Waals surface area contributed by atoms with Crippen LogP contribution >= 0.6 is 11.6 Å². The molecule has 1 aliphatic rings. The molecule has 0 spiro atoms. The third-order valence-electron chi connectivity index (χ3n) is 4.81. The molecule has 154 valence electrons. The fraction of sp³-hybridized carbons (Fsp3) is 0.333. The van der Waals surface area contributed by atoms with Crippen LogP contribution in [0.5, 0.6) is 0 Å². The Morgan fingerprint density at radius 3 is 2.10 bits per heavy atom. The lowest BCUT2D eigenvalue weighted by Gasteiger charge is -2.32. The Balaban J connectivity index is 2.00. The Hall–Kier alpha value is -2.38. The van der Waals surface area contributed by atoms with E-state index >= 15 is 0 Å². The van der Waals surface area contributed by atoms with Gasteiger partial charge in [-0.15, -0.1) is 0 Å². The summed E-state index contributed by atoms with van der Waals surface area (Å²) in [6.45, 7) is 5.94. The molecule has 0 fully saturated rings. The van der Waals surface area contributed by atoms with E-state index in [9.17, 15) is 23.1 Å². The minimum absolute atomic E-state index is 0.00165. The summed E-state index contributed by atoms with van der Waals surface area (Å²) in [5.41, 5.74) is -2.39. The lowest BCUT2D eigenvalue weighted by atomic mass is 9.86. The number of hydrogen-bond donors (Lipinski definition) is 1. The molecule has 2 aromatic rings. The van der Waals surface area contributed by atoms with Crippen LogP contribution in [-0.2, 0) is 5.41 Å². The third-order valence-corrected chi connectivity index (χ3v) is 5.06. The van der Waals surface area contributed by atoms with E-state index in [0.29, 0.717) is 10.6 Å². The monoisotopic (exact) mass is 424 g/mol. The van der Waals surface area contributed by atoms with Gasteiger partial charge in [0.1, 0.15) is 0 Å². The van der Waals surface area contributed by atoms with E-state index in [2.05, 4.69) is 5.10 Å². The van der Waals surface area contributed by atoms with Crippen LogP contribution in [0.1, 0.15) is 48.7 Å². The maximum atomic E-state index is 13.7. The van der Waals surface area contributed by atoms with Gasteiger partial charge in [0.15, 0.2) is 0 Å². The normalized spacial score (nSPS) is 20.0. The molecule has 0 unspecified atom stereocenters. The molecule has 4 nitrogen and oxygen atoms in total. The maximum absolute atomic E-state index is 13.7. The summed E-state index contributed by atoms with van der Waals surface area (Å²) in [4.78, 5) is 12.8. The Kier molecular flexibility index (Phi) is 5.26. The molecule has 2 aromatic carbocycles. The summed E-state index contributed by atoms with van der Waals surface area (Å²) in [6.07, 6.45) is -5.96. The van der Waals surface area contributed by atoms with Gasteiger partial charge < -0.3 is 5.11 Å². The average Bonchev–Trinajstić information content (AvgIpc) is 3.00. The first kappa shape index (κ1) is 21.3.